The van der Waals surface area contributed by atoms with Crippen LogP contribution in [0.25, 0.3) is 0 Å². The number of rotatable bonds is 6. The Hall–Kier alpha value is -3.15. The Bertz CT molecular complexity index is 1020. The maximum Gasteiger partial charge on any atom is 0.416 e. The first-order valence-electron chi connectivity index (χ1n) is 7.55. The van der Waals surface area contributed by atoms with Gasteiger partial charge in [0, 0.05) is 17.9 Å². The molecular formula is C16H14F3N3O5S. The van der Waals surface area contributed by atoms with Crippen LogP contribution < -0.4 is 10.9 Å². The van der Waals surface area contributed by atoms with E-state index in [4.69, 9.17) is 0 Å². The zero-order chi connectivity index (χ0) is 21.1. The van der Waals surface area contributed by atoms with Crippen LogP contribution in [0.2, 0.25) is 0 Å². The second kappa shape index (κ2) is 7.84. The minimum Gasteiger partial charge on any atom is -0.292 e. The quantitative estimate of drug-likeness (QED) is 0.551. The fourth-order valence-corrected chi connectivity index (χ4v) is 3.05. The van der Waals surface area contributed by atoms with Crippen LogP contribution in [0.4, 0.5) is 24.5 Å². The Balaban J connectivity index is 2.19. The topological polar surface area (TPSA) is 118 Å². The number of carbonyl (C=O) groups is 1. The highest BCUT2D eigenvalue weighted by Gasteiger charge is 2.33. The lowest BCUT2D eigenvalue weighted by molar-refractivity contribution is -0.384. The van der Waals surface area contributed by atoms with Crippen molar-refractivity contribution in [2.24, 2.45) is 0 Å². The van der Waals surface area contributed by atoms with Crippen LogP contribution in [0.1, 0.15) is 21.5 Å². The Morgan fingerprint density at radius 1 is 1.18 bits per heavy atom. The van der Waals surface area contributed by atoms with E-state index < -0.39 is 38.1 Å². The second-order valence-corrected chi connectivity index (χ2v) is 7.98. The molecule has 0 heterocycles. The molecule has 2 N–H and O–H groups in total. The van der Waals surface area contributed by atoms with Crippen LogP contribution in [0.15, 0.2) is 42.5 Å². The van der Waals surface area contributed by atoms with Crippen molar-refractivity contribution in [3.8, 4) is 0 Å². The molecule has 12 heteroatoms. The van der Waals surface area contributed by atoms with Crippen LogP contribution in [0, 0.1) is 10.1 Å². The predicted molar refractivity (Wildman–Crippen MR) is 94.2 cm³/mol. The summed E-state index contributed by atoms with van der Waals surface area (Å²) in [6.07, 6.45) is -3.72. The van der Waals surface area contributed by atoms with Crippen LogP contribution in [-0.4, -0.2) is 25.5 Å². The molecule has 150 valence electrons. The Labute approximate surface area is 157 Å². The second-order valence-electron chi connectivity index (χ2n) is 5.84. The Morgan fingerprint density at radius 3 is 2.43 bits per heavy atom. The third-order valence-corrected chi connectivity index (χ3v) is 4.31. The van der Waals surface area contributed by atoms with E-state index in [1.165, 1.54) is 24.3 Å². The molecule has 0 saturated carbocycles. The van der Waals surface area contributed by atoms with Gasteiger partial charge in [-0.1, -0.05) is 12.1 Å². The van der Waals surface area contributed by atoms with E-state index in [1.54, 1.807) is 0 Å². The van der Waals surface area contributed by atoms with Gasteiger partial charge in [0.25, 0.3) is 11.6 Å². The molecule has 1 amide bonds. The standard InChI is InChI=1S/C16H14F3N3O5S/c1-28(26,27)9-10-3-2-4-11(7-10)15(23)21-20-13-6-5-12(16(17,18)19)8-14(13)22(24)25/h2-8,20H,9H2,1H3,(H,21,23). The first-order chi connectivity index (χ1) is 12.9. The van der Waals surface area contributed by atoms with Crippen molar-refractivity contribution in [1.29, 1.82) is 0 Å². The van der Waals surface area contributed by atoms with Gasteiger partial charge in [-0.3, -0.25) is 25.8 Å². The number of carbonyl (C=O) groups excluding carboxylic acids is 1. The summed E-state index contributed by atoms with van der Waals surface area (Å²) in [5.41, 5.74) is 2.34. The van der Waals surface area contributed by atoms with Gasteiger partial charge in [-0.05, 0) is 29.8 Å². The number of nitro groups is 1. The summed E-state index contributed by atoms with van der Waals surface area (Å²) in [5.74, 6) is -1.05. The lowest BCUT2D eigenvalue weighted by Gasteiger charge is -2.12. The molecule has 0 aromatic heterocycles. The maximum atomic E-state index is 12.7. The molecule has 2 aromatic rings. The molecule has 28 heavy (non-hydrogen) atoms. The highest BCUT2D eigenvalue weighted by Crippen LogP contribution is 2.34. The Morgan fingerprint density at radius 2 is 1.86 bits per heavy atom. The molecule has 0 unspecified atom stereocenters. The number of anilines is 1. The highest BCUT2D eigenvalue weighted by molar-refractivity contribution is 7.89. The van der Waals surface area contributed by atoms with E-state index in [0.717, 1.165) is 12.3 Å². The van der Waals surface area contributed by atoms with Crippen molar-refractivity contribution in [2.45, 2.75) is 11.9 Å². The molecule has 0 bridgehead atoms. The fraction of sp³-hybridized carbons (Fsp3) is 0.188. The SMILES string of the molecule is CS(=O)(=O)Cc1cccc(C(=O)NNc2ccc(C(F)(F)F)cc2[N+](=O)[O-])c1. The average Bonchev–Trinajstić information content (AvgIpc) is 2.57. The highest BCUT2D eigenvalue weighted by atomic mass is 32.2. The van der Waals surface area contributed by atoms with Crippen molar-refractivity contribution in [3.63, 3.8) is 0 Å². The molecule has 0 radical (unpaired) electrons. The normalized spacial score (nSPS) is 11.7. The molecule has 0 saturated heterocycles. The van der Waals surface area contributed by atoms with Crippen LogP contribution in [0.3, 0.4) is 0 Å². The van der Waals surface area contributed by atoms with Gasteiger partial charge in [-0.2, -0.15) is 13.2 Å². The third-order valence-electron chi connectivity index (χ3n) is 3.45. The summed E-state index contributed by atoms with van der Waals surface area (Å²) in [5, 5.41) is 11.0. The third kappa shape index (κ3) is 5.67. The van der Waals surface area contributed by atoms with Gasteiger partial charge in [0.15, 0.2) is 9.84 Å². The van der Waals surface area contributed by atoms with Gasteiger partial charge < -0.3 is 0 Å². The van der Waals surface area contributed by atoms with Gasteiger partial charge in [-0.15, -0.1) is 0 Å². The zero-order valence-electron chi connectivity index (χ0n) is 14.3. The Kier molecular flexibility index (Phi) is 5.92. The minimum absolute atomic E-state index is 0.0585. The van der Waals surface area contributed by atoms with Crippen LogP contribution in [-0.2, 0) is 21.8 Å². The first-order valence-corrected chi connectivity index (χ1v) is 9.61. The van der Waals surface area contributed by atoms with Gasteiger partial charge >= 0.3 is 6.18 Å². The van der Waals surface area contributed by atoms with Gasteiger partial charge in [0.2, 0.25) is 0 Å². The first kappa shape index (κ1) is 21.2. The van der Waals surface area contributed by atoms with Crippen molar-refractivity contribution < 1.29 is 31.3 Å². The summed E-state index contributed by atoms with van der Waals surface area (Å²) < 4.78 is 60.8. The van der Waals surface area contributed by atoms with E-state index in [-0.39, 0.29) is 17.0 Å². The van der Waals surface area contributed by atoms with Crippen molar-refractivity contribution in [2.75, 3.05) is 11.7 Å². The van der Waals surface area contributed by atoms with E-state index >= 15 is 0 Å². The van der Waals surface area contributed by atoms with Crippen molar-refractivity contribution >= 4 is 27.1 Å². The van der Waals surface area contributed by atoms with Crippen LogP contribution in [0.5, 0.6) is 0 Å². The maximum absolute atomic E-state index is 12.7. The fourth-order valence-electron chi connectivity index (χ4n) is 2.27. The number of benzene rings is 2. The molecule has 0 spiro atoms. The van der Waals surface area contributed by atoms with E-state index in [1.807, 2.05) is 0 Å². The lowest BCUT2D eigenvalue weighted by atomic mass is 10.1. The summed E-state index contributed by atoms with van der Waals surface area (Å²) in [4.78, 5) is 22.2. The monoisotopic (exact) mass is 417 g/mol. The van der Waals surface area contributed by atoms with Crippen molar-refractivity contribution in [1.82, 2.24) is 5.43 Å². The molecule has 0 aliphatic rings. The summed E-state index contributed by atoms with van der Waals surface area (Å²) >= 11 is 0. The number of sulfone groups is 1. The molecular weight excluding hydrogens is 403 g/mol. The summed E-state index contributed by atoms with van der Waals surface area (Å²) in [6, 6.07) is 7.46. The van der Waals surface area contributed by atoms with E-state index in [9.17, 15) is 36.5 Å². The summed E-state index contributed by atoms with van der Waals surface area (Å²) in [7, 11) is -3.32. The number of nitrogens with zero attached hydrogens (tertiary/aromatic N) is 1. The largest absolute Gasteiger partial charge is 0.416 e. The van der Waals surface area contributed by atoms with Gasteiger partial charge in [-0.25, -0.2) is 8.42 Å². The van der Waals surface area contributed by atoms with E-state index in [2.05, 4.69) is 10.9 Å². The number of nitro benzene ring substituents is 1. The molecule has 2 aromatic carbocycles. The van der Waals surface area contributed by atoms with E-state index in [0.29, 0.717) is 17.7 Å². The van der Waals surface area contributed by atoms with Crippen molar-refractivity contribution in [3.05, 3.63) is 69.3 Å². The number of hydrogen-bond acceptors (Lipinski definition) is 6. The van der Waals surface area contributed by atoms with Gasteiger partial charge in [0.05, 0.1) is 16.2 Å². The zero-order valence-corrected chi connectivity index (χ0v) is 15.1. The summed E-state index contributed by atoms with van der Waals surface area (Å²) in [6.45, 7) is 0. The average molecular weight is 417 g/mol. The number of nitrogens with one attached hydrogen (secondary N) is 2. The number of hydrazine groups is 1. The molecule has 8 nitrogen and oxygen atoms in total. The number of amides is 1. The molecule has 2 rings (SSSR count). The molecule has 0 aliphatic heterocycles. The molecule has 0 atom stereocenters. The van der Waals surface area contributed by atoms with Gasteiger partial charge in [0.1, 0.15) is 5.69 Å². The predicted octanol–water partition coefficient (Wildman–Crippen LogP) is 2.92. The smallest absolute Gasteiger partial charge is 0.292 e. The molecule has 0 fully saturated rings. The molecule has 0 aliphatic carbocycles. The lowest BCUT2D eigenvalue weighted by Crippen LogP contribution is -2.29. The number of alkyl halides is 3. The minimum atomic E-state index is -4.76. The number of hydrogen-bond donors (Lipinski definition) is 2. The van der Waals surface area contributed by atoms with Crippen LogP contribution >= 0.6 is 0 Å². The number of halogens is 3.